The van der Waals surface area contributed by atoms with Crippen molar-refractivity contribution in [2.24, 2.45) is 11.8 Å². The summed E-state index contributed by atoms with van der Waals surface area (Å²) in [6.45, 7) is 2.77. The summed E-state index contributed by atoms with van der Waals surface area (Å²) in [4.78, 5) is 36.0. The molecule has 6 nitrogen and oxygen atoms in total. The van der Waals surface area contributed by atoms with Crippen LogP contribution in [0.3, 0.4) is 0 Å². The number of carbonyl (C=O) groups is 3. The molecule has 1 heterocycles. The van der Waals surface area contributed by atoms with Crippen molar-refractivity contribution in [1.29, 1.82) is 0 Å². The van der Waals surface area contributed by atoms with Gasteiger partial charge in [0.2, 0.25) is 5.91 Å². The molecule has 2 atom stereocenters. The van der Waals surface area contributed by atoms with Crippen LogP contribution in [0.1, 0.15) is 77.6 Å². The number of aliphatic carboxylic acids is 2. The number of hydrogen-bond acceptors (Lipinski definition) is 3. The van der Waals surface area contributed by atoms with E-state index in [9.17, 15) is 19.5 Å². The molecule has 0 bridgehead atoms. The molecule has 1 fully saturated rings. The molecule has 2 N–H and O–H groups in total. The number of nitrogens with zero attached hydrogens (tertiary/aromatic N) is 1. The molecular weight excluding hydrogens is 322 g/mol. The topological polar surface area (TPSA) is 94.9 Å². The summed E-state index contributed by atoms with van der Waals surface area (Å²) in [5.74, 6) is -4.67. The normalized spacial score (nSPS) is 20.7. The molecule has 0 radical (unpaired) electrons. The Morgan fingerprint density at radius 2 is 1.36 bits per heavy atom. The van der Waals surface area contributed by atoms with Gasteiger partial charge in [0.15, 0.2) is 0 Å². The molecule has 0 saturated carbocycles. The molecule has 0 aromatic heterocycles. The zero-order chi connectivity index (χ0) is 18.7. The van der Waals surface area contributed by atoms with Crippen molar-refractivity contribution in [2.45, 2.75) is 77.6 Å². The summed E-state index contributed by atoms with van der Waals surface area (Å²) in [6, 6.07) is 0. The highest BCUT2D eigenvalue weighted by Crippen LogP contribution is 2.25. The minimum absolute atomic E-state index is 0.0164. The van der Waals surface area contributed by atoms with Crippen LogP contribution in [0.2, 0.25) is 0 Å². The second-order valence-corrected chi connectivity index (χ2v) is 7.12. The van der Waals surface area contributed by atoms with E-state index < -0.39 is 23.8 Å². The molecule has 1 amide bonds. The Hall–Kier alpha value is -1.59. The Morgan fingerprint density at radius 3 is 1.84 bits per heavy atom. The van der Waals surface area contributed by atoms with Gasteiger partial charge in [-0.1, -0.05) is 64.7 Å². The highest BCUT2D eigenvalue weighted by molar-refractivity contribution is 5.88. The van der Waals surface area contributed by atoms with Crippen molar-refractivity contribution in [2.75, 3.05) is 13.1 Å². The third-order valence-electron chi connectivity index (χ3n) is 5.07. The second-order valence-electron chi connectivity index (χ2n) is 7.12. The predicted molar refractivity (Wildman–Crippen MR) is 95.3 cm³/mol. The first-order valence-electron chi connectivity index (χ1n) is 9.70. The standard InChI is InChI=1S/C19H33NO5/c1-2-3-4-5-6-7-8-9-10-11-12-20-14-16(19(24)25)15(18(22)23)13-17(20)21/h15-16H,2-14H2,1H3,(H,22,23)(H,24,25). The molecule has 0 spiro atoms. The van der Waals surface area contributed by atoms with Crippen molar-refractivity contribution in [1.82, 2.24) is 4.90 Å². The fraction of sp³-hybridized carbons (Fsp3) is 0.842. The Kier molecular flexibility index (Phi) is 10.2. The number of piperidine rings is 1. The smallest absolute Gasteiger partial charge is 0.309 e. The molecule has 25 heavy (non-hydrogen) atoms. The summed E-state index contributed by atoms with van der Waals surface area (Å²) in [7, 11) is 0. The minimum atomic E-state index is -1.20. The van der Waals surface area contributed by atoms with Gasteiger partial charge in [-0.25, -0.2) is 0 Å². The molecule has 0 aromatic rings. The van der Waals surface area contributed by atoms with Crippen LogP contribution in [-0.4, -0.2) is 46.0 Å². The highest BCUT2D eigenvalue weighted by atomic mass is 16.4. The lowest BCUT2D eigenvalue weighted by Crippen LogP contribution is -2.49. The van der Waals surface area contributed by atoms with E-state index in [1.807, 2.05) is 0 Å². The Morgan fingerprint density at radius 1 is 0.880 bits per heavy atom. The SMILES string of the molecule is CCCCCCCCCCCCN1CC(C(=O)O)C(C(=O)O)CC1=O. The van der Waals surface area contributed by atoms with E-state index in [1.165, 1.54) is 49.8 Å². The van der Waals surface area contributed by atoms with Crippen molar-refractivity contribution in [3.63, 3.8) is 0 Å². The van der Waals surface area contributed by atoms with Crippen LogP contribution in [0.25, 0.3) is 0 Å². The van der Waals surface area contributed by atoms with E-state index in [0.717, 1.165) is 19.3 Å². The summed E-state index contributed by atoms with van der Waals surface area (Å²) in [5, 5.41) is 18.3. The van der Waals surface area contributed by atoms with Gasteiger partial charge in [-0.3, -0.25) is 14.4 Å². The molecule has 6 heteroatoms. The van der Waals surface area contributed by atoms with Crippen molar-refractivity contribution in [3.8, 4) is 0 Å². The van der Waals surface area contributed by atoms with E-state index in [2.05, 4.69) is 6.92 Å². The molecule has 1 aliphatic rings. The summed E-state index contributed by atoms with van der Waals surface area (Å²) in [5.41, 5.74) is 0. The Labute approximate surface area is 150 Å². The lowest BCUT2D eigenvalue weighted by molar-refractivity contribution is -0.161. The summed E-state index contributed by atoms with van der Waals surface area (Å²) in [6.07, 6.45) is 11.8. The van der Waals surface area contributed by atoms with Gasteiger partial charge >= 0.3 is 11.9 Å². The van der Waals surface area contributed by atoms with Gasteiger partial charge in [0.05, 0.1) is 11.8 Å². The molecule has 2 unspecified atom stereocenters. The number of carbonyl (C=O) groups excluding carboxylic acids is 1. The Bertz CT molecular complexity index is 438. The first-order chi connectivity index (χ1) is 12.0. The van der Waals surface area contributed by atoms with E-state index in [-0.39, 0.29) is 18.9 Å². The summed E-state index contributed by atoms with van der Waals surface area (Å²) >= 11 is 0. The first-order valence-corrected chi connectivity index (χ1v) is 9.70. The van der Waals surface area contributed by atoms with Gasteiger partial charge < -0.3 is 15.1 Å². The molecule has 1 saturated heterocycles. The summed E-state index contributed by atoms with van der Waals surface area (Å²) < 4.78 is 0. The molecule has 1 aliphatic heterocycles. The van der Waals surface area contributed by atoms with E-state index in [1.54, 1.807) is 0 Å². The predicted octanol–water partition coefficient (Wildman–Crippen LogP) is 3.54. The van der Waals surface area contributed by atoms with Crippen molar-refractivity contribution < 1.29 is 24.6 Å². The van der Waals surface area contributed by atoms with Gasteiger partial charge in [0, 0.05) is 19.5 Å². The van der Waals surface area contributed by atoms with Gasteiger partial charge in [-0.2, -0.15) is 0 Å². The maximum Gasteiger partial charge on any atom is 0.309 e. The highest BCUT2D eigenvalue weighted by Gasteiger charge is 2.42. The largest absolute Gasteiger partial charge is 0.481 e. The average Bonchev–Trinajstić information content (AvgIpc) is 2.57. The number of carboxylic acid groups (broad SMARTS) is 2. The monoisotopic (exact) mass is 355 g/mol. The van der Waals surface area contributed by atoms with Crippen LogP contribution in [0.4, 0.5) is 0 Å². The second kappa shape index (κ2) is 11.9. The van der Waals surface area contributed by atoms with Crippen LogP contribution < -0.4 is 0 Å². The third-order valence-corrected chi connectivity index (χ3v) is 5.07. The average molecular weight is 355 g/mol. The van der Waals surface area contributed by atoms with E-state index in [0.29, 0.717) is 6.54 Å². The number of carboxylic acids is 2. The molecule has 144 valence electrons. The molecule has 1 rings (SSSR count). The third kappa shape index (κ3) is 7.88. The van der Waals surface area contributed by atoms with Gasteiger partial charge in [0.1, 0.15) is 0 Å². The van der Waals surface area contributed by atoms with E-state index >= 15 is 0 Å². The fourth-order valence-electron chi connectivity index (χ4n) is 3.44. The molecule has 0 aromatic carbocycles. The van der Waals surface area contributed by atoms with Crippen LogP contribution in [0.5, 0.6) is 0 Å². The molecule has 0 aliphatic carbocycles. The minimum Gasteiger partial charge on any atom is -0.481 e. The van der Waals surface area contributed by atoms with E-state index in [4.69, 9.17) is 5.11 Å². The van der Waals surface area contributed by atoms with Crippen molar-refractivity contribution >= 4 is 17.8 Å². The van der Waals surface area contributed by atoms with Crippen LogP contribution in [0, 0.1) is 11.8 Å². The zero-order valence-corrected chi connectivity index (χ0v) is 15.4. The van der Waals surface area contributed by atoms with Crippen LogP contribution in [-0.2, 0) is 14.4 Å². The van der Waals surface area contributed by atoms with Crippen LogP contribution in [0.15, 0.2) is 0 Å². The lowest BCUT2D eigenvalue weighted by Gasteiger charge is -2.34. The Balaban J connectivity index is 2.19. The zero-order valence-electron chi connectivity index (χ0n) is 15.4. The maximum absolute atomic E-state index is 12.0. The maximum atomic E-state index is 12.0. The quantitative estimate of drug-likeness (QED) is 0.493. The fourth-order valence-corrected chi connectivity index (χ4v) is 3.44. The van der Waals surface area contributed by atoms with Crippen LogP contribution >= 0.6 is 0 Å². The van der Waals surface area contributed by atoms with Gasteiger partial charge in [-0.15, -0.1) is 0 Å². The number of unbranched alkanes of at least 4 members (excludes halogenated alkanes) is 9. The van der Waals surface area contributed by atoms with Gasteiger partial charge in [-0.05, 0) is 6.42 Å². The number of rotatable bonds is 13. The number of hydrogen-bond donors (Lipinski definition) is 2. The molecular formula is C19H33NO5. The van der Waals surface area contributed by atoms with Gasteiger partial charge in [0.25, 0.3) is 0 Å². The number of amides is 1. The lowest BCUT2D eigenvalue weighted by atomic mass is 9.85. The first kappa shape index (κ1) is 21.5. The number of likely N-dealkylation sites (tertiary alicyclic amines) is 1. The van der Waals surface area contributed by atoms with Crippen molar-refractivity contribution in [3.05, 3.63) is 0 Å².